The fraction of sp³-hybridized carbons (Fsp3) is 0.467. The normalized spacial score (nSPS) is 10.3. The van der Waals surface area contributed by atoms with Crippen LogP contribution in [-0.4, -0.2) is 36.4 Å². The predicted octanol–water partition coefficient (Wildman–Crippen LogP) is 1.50. The van der Waals surface area contributed by atoms with Gasteiger partial charge in [-0.15, -0.1) is 0 Å². The van der Waals surface area contributed by atoms with E-state index in [1.54, 1.807) is 20.8 Å². The van der Waals surface area contributed by atoms with E-state index in [1.807, 2.05) is 0 Å². The van der Waals surface area contributed by atoms with Crippen molar-refractivity contribution in [2.45, 2.75) is 20.8 Å². The van der Waals surface area contributed by atoms with Gasteiger partial charge in [0.1, 0.15) is 0 Å². The Hall–Kier alpha value is -2.64. The molecular weight excluding hydrogens is 302 g/mol. The molecule has 0 bridgehead atoms. The molecule has 23 heavy (non-hydrogen) atoms. The van der Waals surface area contributed by atoms with Gasteiger partial charge in [-0.25, -0.2) is 0 Å². The average Bonchev–Trinajstić information content (AvgIpc) is 2.51. The lowest BCUT2D eigenvalue weighted by molar-refractivity contribution is -0.385. The molecular formula is C15H21N3O5. The second-order valence-electron chi connectivity index (χ2n) is 5.07. The van der Waals surface area contributed by atoms with Crippen molar-refractivity contribution in [1.82, 2.24) is 10.6 Å². The van der Waals surface area contributed by atoms with Gasteiger partial charge in [0.15, 0.2) is 5.75 Å². The summed E-state index contributed by atoms with van der Waals surface area (Å²) < 4.78 is 5.16. The smallest absolute Gasteiger partial charge is 0.311 e. The number of nitro groups is 1. The SMILES string of the molecule is CCOc1ccc(C(=O)NCCNC(=O)C(C)C)cc1[N+](=O)[O-]. The zero-order valence-electron chi connectivity index (χ0n) is 13.4. The van der Waals surface area contributed by atoms with Crippen LogP contribution in [-0.2, 0) is 4.79 Å². The Balaban J connectivity index is 2.64. The topological polar surface area (TPSA) is 111 Å². The first-order chi connectivity index (χ1) is 10.9. The van der Waals surface area contributed by atoms with E-state index in [-0.39, 0.29) is 35.4 Å². The Morgan fingerprint density at radius 2 is 1.91 bits per heavy atom. The van der Waals surface area contributed by atoms with Crippen LogP contribution in [0.25, 0.3) is 0 Å². The number of nitrogens with one attached hydrogen (secondary N) is 2. The summed E-state index contributed by atoms with van der Waals surface area (Å²) >= 11 is 0. The van der Waals surface area contributed by atoms with E-state index >= 15 is 0 Å². The predicted molar refractivity (Wildman–Crippen MR) is 84.4 cm³/mol. The Morgan fingerprint density at radius 3 is 2.48 bits per heavy atom. The molecule has 0 aliphatic rings. The van der Waals surface area contributed by atoms with Crippen molar-refractivity contribution in [3.8, 4) is 5.75 Å². The quantitative estimate of drug-likeness (QED) is 0.428. The van der Waals surface area contributed by atoms with Crippen molar-refractivity contribution in [3.05, 3.63) is 33.9 Å². The van der Waals surface area contributed by atoms with Gasteiger partial charge in [0.25, 0.3) is 5.91 Å². The van der Waals surface area contributed by atoms with Gasteiger partial charge in [0.2, 0.25) is 5.91 Å². The van der Waals surface area contributed by atoms with E-state index in [0.29, 0.717) is 13.2 Å². The van der Waals surface area contributed by atoms with Crippen LogP contribution in [0.1, 0.15) is 31.1 Å². The van der Waals surface area contributed by atoms with Crippen LogP contribution in [0.5, 0.6) is 5.75 Å². The molecule has 0 saturated carbocycles. The van der Waals surface area contributed by atoms with Gasteiger partial charge >= 0.3 is 5.69 Å². The number of benzene rings is 1. The summed E-state index contributed by atoms with van der Waals surface area (Å²) in [6, 6.07) is 4.03. The molecule has 0 aromatic heterocycles. The summed E-state index contributed by atoms with van der Waals surface area (Å²) in [5.41, 5.74) is -0.0945. The molecule has 126 valence electrons. The Bertz CT molecular complexity index is 586. The number of rotatable bonds is 8. The molecule has 0 fully saturated rings. The highest BCUT2D eigenvalue weighted by molar-refractivity contribution is 5.95. The van der Waals surface area contributed by atoms with Crippen LogP contribution in [0, 0.1) is 16.0 Å². The van der Waals surface area contributed by atoms with Crippen LogP contribution in [0.2, 0.25) is 0 Å². The minimum Gasteiger partial charge on any atom is -0.487 e. The molecule has 8 heteroatoms. The number of ether oxygens (including phenoxy) is 1. The molecule has 0 radical (unpaired) electrons. The molecule has 0 atom stereocenters. The van der Waals surface area contributed by atoms with E-state index in [9.17, 15) is 19.7 Å². The van der Waals surface area contributed by atoms with Crippen molar-refractivity contribution in [2.75, 3.05) is 19.7 Å². The molecule has 0 heterocycles. The molecule has 1 aromatic rings. The molecule has 2 amide bonds. The zero-order chi connectivity index (χ0) is 17.4. The summed E-state index contributed by atoms with van der Waals surface area (Å²) in [7, 11) is 0. The van der Waals surface area contributed by atoms with Gasteiger partial charge in [0, 0.05) is 30.6 Å². The van der Waals surface area contributed by atoms with Crippen LogP contribution in [0.15, 0.2) is 18.2 Å². The number of carbonyl (C=O) groups is 2. The summed E-state index contributed by atoms with van der Waals surface area (Å²) in [5.74, 6) is -0.552. The number of hydrogen-bond acceptors (Lipinski definition) is 5. The number of amides is 2. The summed E-state index contributed by atoms with van der Waals surface area (Å²) in [4.78, 5) is 33.8. The number of nitro benzene ring substituents is 1. The van der Waals surface area contributed by atoms with E-state index in [1.165, 1.54) is 18.2 Å². The van der Waals surface area contributed by atoms with E-state index in [2.05, 4.69) is 10.6 Å². The Kier molecular flexibility index (Phi) is 6.98. The molecule has 1 aromatic carbocycles. The highest BCUT2D eigenvalue weighted by atomic mass is 16.6. The maximum absolute atomic E-state index is 12.0. The molecule has 0 aliphatic carbocycles. The maximum atomic E-state index is 12.0. The highest BCUT2D eigenvalue weighted by Crippen LogP contribution is 2.27. The molecule has 8 nitrogen and oxygen atoms in total. The van der Waals surface area contributed by atoms with Gasteiger partial charge in [-0.3, -0.25) is 19.7 Å². The minimum absolute atomic E-state index is 0.101. The first-order valence-electron chi connectivity index (χ1n) is 7.34. The highest BCUT2D eigenvalue weighted by Gasteiger charge is 2.18. The zero-order valence-corrected chi connectivity index (χ0v) is 13.4. The third-order valence-electron chi connectivity index (χ3n) is 2.95. The van der Waals surface area contributed by atoms with Crippen molar-refractivity contribution < 1.29 is 19.2 Å². The number of carbonyl (C=O) groups excluding carboxylic acids is 2. The van der Waals surface area contributed by atoms with Gasteiger partial charge in [-0.1, -0.05) is 13.8 Å². The maximum Gasteiger partial charge on any atom is 0.311 e. The summed E-state index contributed by atoms with van der Waals surface area (Å²) in [6.07, 6.45) is 0. The molecule has 0 saturated heterocycles. The van der Waals surface area contributed by atoms with Crippen LogP contribution >= 0.6 is 0 Å². The largest absolute Gasteiger partial charge is 0.487 e. The standard InChI is InChI=1S/C15H21N3O5/c1-4-23-13-6-5-11(9-12(13)18(21)22)15(20)17-8-7-16-14(19)10(2)3/h5-6,9-10H,4,7-8H2,1-3H3,(H,16,19)(H,17,20). The minimum atomic E-state index is -0.593. The monoisotopic (exact) mass is 323 g/mol. The molecule has 0 aliphatic heterocycles. The Morgan fingerprint density at radius 1 is 1.26 bits per heavy atom. The van der Waals surface area contributed by atoms with Crippen LogP contribution < -0.4 is 15.4 Å². The summed E-state index contributed by atoms with van der Waals surface area (Å²) in [6.45, 7) is 6.08. The van der Waals surface area contributed by atoms with Gasteiger partial charge in [-0.2, -0.15) is 0 Å². The van der Waals surface area contributed by atoms with E-state index in [4.69, 9.17) is 4.74 Å². The van der Waals surface area contributed by atoms with Gasteiger partial charge < -0.3 is 15.4 Å². The van der Waals surface area contributed by atoms with E-state index in [0.717, 1.165) is 0 Å². The molecule has 0 unspecified atom stereocenters. The van der Waals surface area contributed by atoms with Crippen molar-refractivity contribution >= 4 is 17.5 Å². The third kappa shape index (κ3) is 5.57. The third-order valence-corrected chi connectivity index (χ3v) is 2.95. The summed E-state index contributed by atoms with van der Waals surface area (Å²) in [5, 5.41) is 16.3. The van der Waals surface area contributed by atoms with Crippen molar-refractivity contribution in [3.63, 3.8) is 0 Å². The van der Waals surface area contributed by atoms with Crippen LogP contribution in [0.3, 0.4) is 0 Å². The second kappa shape index (κ2) is 8.72. The van der Waals surface area contributed by atoms with Crippen molar-refractivity contribution in [1.29, 1.82) is 0 Å². The molecule has 0 spiro atoms. The lowest BCUT2D eigenvalue weighted by Crippen LogP contribution is -2.36. The van der Waals surface area contributed by atoms with Crippen molar-refractivity contribution in [2.24, 2.45) is 5.92 Å². The average molecular weight is 323 g/mol. The molecule has 2 N–H and O–H groups in total. The van der Waals surface area contributed by atoms with Gasteiger partial charge in [-0.05, 0) is 19.1 Å². The van der Waals surface area contributed by atoms with E-state index < -0.39 is 10.8 Å². The lowest BCUT2D eigenvalue weighted by atomic mass is 10.1. The molecule has 1 rings (SSSR count). The number of nitrogens with zero attached hydrogens (tertiary/aromatic N) is 1. The lowest BCUT2D eigenvalue weighted by Gasteiger charge is -2.09. The number of hydrogen-bond donors (Lipinski definition) is 2. The fourth-order valence-electron chi connectivity index (χ4n) is 1.75. The van der Waals surface area contributed by atoms with Crippen LogP contribution in [0.4, 0.5) is 5.69 Å². The van der Waals surface area contributed by atoms with Gasteiger partial charge in [0.05, 0.1) is 11.5 Å². The Labute approximate surface area is 134 Å². The first-order valence-corrected chi connectivity index (χ1v) is 7.34. The first kappa shape index (κ1) is 18.4. The second-order valence-corrected chi connectivity index (χ2v) is 5.07. The fourth-order valence-corrected chi connectivity index (χ4v) is 1.75.